The molecule has 14 heavy (non-hydrogen) atoms. The summed E-state index contributed by atoms with van der Waals surface area (Å²) >= 11 is 3.23. The average molecular weight is 260 g/mol. The number of hydrogen-bond donors (Lipinski definition) is 1. The SMILES string of the molecule is CCc1cc(CCNC)cc(Br)c1F. The highest BCUT2D eigenvalue weighted by molar-refractivity contribution is 9.10. The highest BCUT2D eigenvalue weighted by Gasteiger charge is 2.06. The lowest BCUT2D eigenvalue weighted by Gasteiger charge is -2.07. The molecule has 1 aromatic carbocycles. The van der Waals surface area contributed by atoms with Gasteiger partial charge in [0.15, 0.2) is 0 Å². The van der Waals surface area contributed by atoms with Gasteiger partial charge < -0.3 is 5.32 Å². The first-order valence-electron chi connectivity index (χ1n) is 4.80. The largest absolute Gasteiger partial charge is 0.319 e. The minimum Gasteiger partial charge on any atom is -0.319 e. The van der Waals surface area contributed by atoms with Crippen LogP contribution in [0, 0.1) is 5.82 Å². The highest BCUT2D eigenvalue weighted by Crippen LogP contribution is 2.22. The maximum absolute atomic E-state index is 13.4. The fourth-order valence-electron chi connectivity index (χ4n) is 1.38. The first-order chi connectivity index (χ1) is 6.69. The van der Waals surface area contributed by atoms with E-state index in [2.05, 4.69) is 21.2 Å². The lowest BCUT2D eigenvalue weighted by atomic mass is 10.1. The molecule has 1 rings (SSSR count). The fraction of sp³-hybridized carbons (Fsp3) is 0.455. The number of benzene rings is 1. The molecule has 0 radical (unpaired) electrons. The predicted molar refractivity (Wildman–Crippen MR) is 61.1 cm³/mol. The fourth-order valence-corrected chi connectivity index (χ4v) is 1.93. The Balaban J connectivity index is 2.91. The molecule has 0 aromatic heterocycles. The number of hydrogen-bond acceptors (Lipinski definition) is 1. The summed E-state index contributed by atoms with van der Waals surface area (Å²) in [7, 11) is 1.92. The molecule has 0 amide bonds. The molecule has 0 spiro atoms. The van der Waals surface area contributed by atoms with Gasteiger partial charge in [-0.2, -0.15) is 0 Å². The van der Waals surface area contributed by atoms with E-state index in [1.165, 1.54) is 5.56 Å². The molecule has 0 aliphatic rings. The molecule has 0 atom stereocenters. The van der Waals surface area contributed by atoms with Crippen LogP contribution in [0.5, 0.6) is 0 Å². The van der Waals surface area contributed by atoms with Crippen molar-refractivity contribution in [1.82, 2.24) is 5.32 Å². The number of rotatable bonds is 4. The van der Waals surface area contributed by atoms with Gasteiger partial charge in [-0.3, -0.25) is 0 Å². The molecule has 0 bridgehead atoms. The van der Waals surface area contributed by atoms with Gasteiger partial charge in [-0.05, 0) is 59.6 Å². The Hall–Kier alpha value is -0.410. The van der Waals surface area contributed by atoms with Gasteiger partial charge in [-0.15, -0.1) is 0 Å². The third kappa shape index (κ3) is 2.79. The molecule has 78 valence electrons. The van der Waals surface area contributed by atoms with Crippen LogP contribution in [-0.4, -0.2) is 13.6 Å². The molecular formula is C11H15BrFN. The Morgan fingerprint density at radius 1 is 1.43 bits per heavy atom. The lowest BCUT2D eigenvalue weighted by Crippen LogP contribution is -2.10. The molecule has 0 fully saturated rings. The van der Waals surface area contributed by atoms with E-state index >= 15 is 0 Å². The van der Waals surface area contributed by atoms with Crippen molar-refractivity contribution in [3.8, 4) is 0 Å². The minimum atomic E-state index is -0.124. The van der Waals surface area contributed by atoms with E-state index in [1.807, 2.05) is 26.1 Å². The third-order valence-electron chi connectivity index (χ3n) is 2.21. The predicted octanol–water partition coefficient (Wildman–Crippen LogP) is 2.91. The number of nitrogens with one attached hydrogen (secondary N) is 1. The summed E-state index contributed by atoms with van der Waals surface area (Å²) in [6, 6.07) is 3.79. The van der Waals surface area contributed by atoms with Crippen molar-refractivity contribution in [3.63, 3.8) is 0 Å². The van der Waals surface area contributed by atoms with Crippen LogP contribution in [0.15, 0.2) is 16.6 Å². The third-order valence-corrected chi connectivity index (χ3v) is 2.78. The summed E-state index contributed by atoms with van der Waals surface area (Å²) in [5.74, 6) is -0.124. The maximum Gasteiger partial charge on any atom is 0.140 e. The van der Waals surface area contributed by atoms with Crippen molar-refractivity contribution in [2.75, 3.05) is 13.6 Å². The molecule has 0 saturated carbocycles. The molecule has 0 unspecified atom stereocenters. The Morgan fingerprint density at radius 2 is 2.14 bits per heavy atom. The molecule has 0 saturated heterocycles. The zero-order valence-corrected chi connectivity index (χ0v) is 10.1. The number of halogens is 2. The van der Waals surface area contributed by atoms with Crippen molar-refractivity contribution in [2.45, 2.75) is 19.8 Å². The molecule has 0 aliphatic heterocycles. The Morgan fingerprint density at radius 3 is 2.71 bits per heavy atom. The van der Waals surface area contributed by atoms with E-state index in [-0.39, 0.29) is 5.82 Å². The van der Waals surface area contributed by atoms with E-state index in [4.69, 9.17) is 0 Å². The first kappa shape index (κ1) is 11.7. The summed E-state index contributed by atoms with van der Waals surface area (Å²) < 4.78 is 14.0. The molecule has 1 nitrogen and oxygen atoms in total. The maximum atomic E-state index is 13.4. The Kier molecular flexibility index (Phi) is 4.55. The van der Waals surface area contributed by atoms with Crippen LogP contribution in [0.1, 0.15) is 18.1 Å². The standard InChI is InChI=1S/C11H15BrFN/c1-3-9-6-8(4-5-14-2)7-10(12)11(9)13/h6-7,14H,3-5H2,1-2H3. The van der Waals surface area contributed by atoms with Crippen LogP contribution < -0.4 is 5.32 Å². The normalized spacial score (nSPS) is 10.6. The molecule has 0 heterocycles. The van der Waals surface area contributed by atoms with E-state index in [0.29, 0.717) is 4.47 Å². The Bertz CT molecular complexity index is 312. The van der Waals surface area contributed by atoms with Crippen LogP contribution >= 0.6 is 15.9 Å². The van der Waals surface area contributed by atoms with Gasteiger partial charge in [-0.25, -0.2) is 4.39 Å². The van der Waals surface area contributed by atoms with Gasteiger partial charge in [0.2, 0.25) is 0 Å². The van der Waals surface area contributed by atoms with Gasteiger partial charge in [0, 0.05) is 0 Å². The number of likely N-dealkylation sites (N-methyl/N-ethyl adjacent to an activating group) is 1. The van der Waals surface area contributed by atoms with Crippen molar-refractivity contribution in [1.29, 1.82) is 0 Å². The summed E-state index contributed by atoms with van der Waals surface area (Å²) in [5.41, 5.74) is 1.95. The van der Waals surface area contributed by atoms with Crippen LogP contribution in [0.3, 0.4) is 0 Å². The van der Waals surface area contributed by atoms with Crippen molar-refractivity contribution in [2.24, 2.45) is 0 Å². The molecule has 1 aromatic rings. The second-order valence-electron chi connectivity index (χ2n) is 3.26. The van der Waals surface area contributed by atoms with Crippen LogP contribution in [0.25, 0.3) is 0 Å². The van der Waals surface area contributed by atoms with Crippen LogP contribution in [0.4, 0.5) is 4.39 Å². The summed E-state index contributed by atoms with van der Waals surface area (Å²) in [4.78, 5) is 0. The van der Waals surface area contributed by atoms with E-state index in [9.17, 15) is 4.39 Å². The van der Waals surface area contributed by atoms with E-state index in [0.717, 1.165) is 24.9 Å². The minimum absolute atomic E-state index is 0.124. The summed E-state index contributed by atoms with van der Waals surface area (Å²) in [5, 5.41) is 3.08. The first-order valence-corrected chi connectivity index (χ1v) is 5.59. The van der Waals surface area contributed by atoms with Gasteiger partial charge in [0.05, 0.1) is 4.47 Å². The monoisotopic (exact) mass is 259 g/mol. The second kappa shape index (κ2) is 5.47. The van der Waals surface area contributed by atoms with Gasteiger partial charge >= 0.3 is 0 Å². The molecule has 0 aliphatic carbocycles. The second-order valence-corrected chi connectivity index (χ2v) is 4.11. The number of aryl methyl sites for hydroxylation is 1. The van der Waals surface area contributed by atoms with E-state index in [1.54, 1.807) is 0 Å². The van der Waals surface area contributed by atoms with Crippen molar-refractivity contribution >= 4 is 15.9 Å². The Labute approximate surface area is 92.8 Å². The zero-order valence-electron chi connectivity index (χ0n) is 8.53. The molecular weight excluding hydrogens is 245 g/mol. The van der Waals surface area contributed by atoms with Gasteiger partial charge in [0.25, 0.3) is 0 Å². The molecule has 1 N–H and O–H groups in total. The topological polar surface area (TPSA) is 12.0 Å². The lowest BCUT2D eigenvalue weighted by molar-refractivity contribution is 0.604. The highest BCUT2D eigenvalue weighted by atomic mass is 79.9. The van der Waals surface area contributed by atoms with Crippen LogP contribution in [-0.2, 0) is 12.8 Å². The van der Waals surface area contributed by atoms with Crippen molar-refractivity contribution in [3.05, 3.63) is 33.5 Å². The average Bonchev–Trinajstić information content (AvgIpc) is 2.19. The van der Waals surface area contributed by atoms with Gasteiger partial charge in [0.1, 0.15) is 5.82 Å². The summed E-state index contributed by atoms with van der Waals surface area (Å²) in [6.45, 7) is 2.88. The van der Waals surface area contributed by atoms with E-state index < -0.39 is 0 Å². The smallest absolute Gasteiger partial charge is 0.140 e. The van der Waals surface area contributed by atoms with Crippen LogP contribution in [0.2, 0.25) is 0 Å². The zero-order chi connectivity index (χ0) is 10.6. The quantitative estimate of drug-likeness (QED) is 0.877. The molecule has 3 heteroatoms. The summed E-state index contributed by atoms with van der Waals surface area (Å²) in [6.07, 6.45) is 1.67. The van der Waals surface area contributed by atoms with Gasteiger partial charge in [-0.1, -0.05) is 13.0 Å². The van der Waals surface area contributed by atoms with Crippen molar-refractivity contribution < 1.29 is 4.39 Å².